The van der Waals surface area contributed by atoms with Crippen molar-refractivity contribution < 1.29 is 17.9 Å². The lowest BCUT2D eigenvalue weighted by Gasteiger charge is -2.35. The first kappa shape index (κ1) is 21.2. The number of nitrogens with zero attached hydrogens (tertiary/aromatic N) is 2. The standard InChI is InChI=1S/C23H23F3N4OS/c1-31-11-8-15-13-30(10-9-27-15)21-20-16-4-2-3-5-19(16)32-22(20)29-17-7-6-14(23(24,25)26)12-18(17)28-21/h2-7,12,15,27,29H,8-11,13H2,1H3. The molecular weight excluding hydrogens is 437 g/mol. The Morgan fingerprint density at radius 2 is 2.06 bits per heavy atom. The SMILES string of the molecule is COCCC1CN(C2=Nc3cc(C(F)(F)F)ccc3Nc3sc4ccccc4c32)CCN1. The topological polar surface area (TPSA) is 48.9 Å². The first-order chi connectivity index (χ1) is 15.4. The number of halogens is 3. The first-order valence-electron chi connectivity index (χ1n) is 10.5. The number of piperazine rings is 1. The average Bonchev–Trinajstić information content (AvgIpc) is 3.05. The van der Waals surface area contributed by atoms with Crippen LogP contribution in [0.15, 0.2) is 47.5 Å². The summed E-state index contributed by atoms with van der Waals surface area (Å²) in [6.07, 6.45) is -3.57. The predicted molar refractivity (Wildman–Crippen MR) is 123 cm³/mol. The molecule has 2 aliphatic rings. The number of alkyl halides is 3. The fourth-order valence-electron chi connectivity index (χ4n) is 4.25. The molecule has 5 nitrogen and oxygen atoms in total. The number of nitrogens with one attached hydrogen (secondary N) is 2. The zero-order valence-electron chi connectivity index (χ0n) is 17.5. The molecule has 1 aromatic heterocycles. The molecule has 9 heteroatoms. The summed E-state index contributed by atoms with van der Waals surface area (Å²) in [6.45, 7) is 2.85. The summed E-state index contributed by atoms with van der Waals surface area (Å²) < 4.78 is 46.5. The minimum atomic E-state index is -4.42. The maximum absolute atomic E-state index is 13.4. The predicted octanol–water partition coefficient (Wildman–Crippen LogP) is 5.37. The molecule has 2 aliphatic heterocycles. The fourth-order valence-corrected chi connectivity index (χ4v) is 5.37. The lowest BCUT2D eigenvalue weighted by molar-refractivity contribution is -0.137. The summed E-state index contributed by atoms with van der Waals surface area (Å²) >= 11 is 1.59. The number of hydrogen-bond donors (Lipinski definition) is 2. The van der Waals surface area contributed by atoms with Gasteiger partial charge in [-0.1, -0.05) is 18.2 Å². The van der Waals surface area contributed by atoms with Gasteiger partial charge in [0.25, 0.3) is 0 Å². The van der Waals surface area contributed by atoms with Crippen molar-refractivity contribution in [3.05, 3.63) is 53.6 Å². The lowest BCUT2D eigenvalue weighted by Crippen LogP contribution is -2.53. The van der Waals surface area contributed by atoms with Crippen LogP contribution < -0.4 is 10.6 Å². The first-order valence-corrected chi connectivity index (χ1v) is 11.3. The molecule has 3 aromatic rings. The number of benzene rings is 2. The van der Waals surface area contributed by atoms with Crippen LogP contribution in [-0.2, 0) is 10.9 Å². The molecule has 1 saturated heterocycles. The maximum atomic E-state index is 13.4. The number of aliphatic imine (C=N–C) groups is 1. The largest absolute Gasteiger partial charge is 0.416 e. The molecule has 32 heavy (non-hydrogen) atoms. The highest BCUT2D eigenvalue weighted by molar-refractivity contribution is 7.23. The number of ether oxygens (including phenoxy) is 1. The number of methoxy groups -OCH3 is 1. The van der Waals surface area contributed by atoms with Crippen molar-refractivity contribution in [1.82, 2.24) is 10.2 Å². The summed E-state index contributed by atoms with van der Waals surface area (Å²) in [6, 6.07) is 12.0. The highest BCUT2D eigenvalue weighted by Gasteiger charge is 2.33. The lowest BCUT2D eigenvalue weighted by atomic mass is 10.1. The van der Waals surface area contributed by atoms with Gasteiger partial charge in [-0.3, -0.25) is 0 Å². The molecule has 0 amide bonds. The van der Waals surface area contributed by atoms with E-state index in [-0.39, 0.29) is 6.04 Å². The molecule has 0 aliphatic carbocycles. The number of fused-ring (bicyclic) bond motifs is 4. The summed E-state index contributed by atoms with van der Waals surface area (Å²) in [7, 11) is 1.68. The monoisotopic (exact) mass is 460 g/mol. The summed E-state index contributed by atoms with van der Waals surface area (Å²) in [5.41, 5.74) is 1.12. The van der Waals surface area contributed by atoms with E-state index in [1.165, 1.54) is 6.07 Å². The molecule has 3 heterocycles. The number of rotatable bonds is 3. The van der Waals surface area contributed by atoms with Crippen LogP contribution in [0.4, 0.5) is 29.5 Å². The second-order valence-corrected chi connectivity index (χ2v) is 9.02. The van der Waals surface area contributed by atoms with Crippen LogP contribution in [0.3, 0.4) is 0 Å². The van der Waals surface area contributed by atoms with Crippen LogP contribution >= 0.6 is 11.3 Å². The van der Waals surface area contributed by atoms with E-state index >= 15 is 0 Å². The van der Waals surface area contributed by atoms with Gasteiger partial charge in [-0.15, -0.1) is 11.3 Å². The van der Waals surface area contributed by atoms with Gasteiger partial charge in [-0.25, -0.2) is 4.99 Å². The van der Waals surface area contributed by atoms with Crippen LogP contribution in [0, 0.1) is 0 Å². The van der Waals surface area contributed by atoms with Crippen molar-refractivity contribution in [3.8, 4) is 0 Å². The highest BCUT2D eigenvalue weighted by Crippen LogP contribution is 2.44. The van der Waals surface area contributed by atoms with Gasteiger partial charge in [0.2, 0.25) is 0 Å². The van der Waals surface area contributed by atoms with Gasteiger partial charge >= 0.3 is 6.18 Å². The average molecular weight is 461 g/mol. The number of anilines is 2. The minimum absolute atomic E-state index is 0.219. The second-order valence-electron chi connectivity index (χ2n) is 7.97. The second kappa shape index (κ2) is 8.38. The third-order valence-corrected chi connectivity index (χ3v) is 6.93. The van der Waals surface area contributed by atoms with Gasteiger partial charge in [0.15, 0.2) is 0 Å². The van der Waals surface area contributed by atoms with Gasteiger partial charge < -0.3 is 20.3 Å². The van der Waals surface area contributed by atoms with Gasteiger partial charge in [0.05, 0.1) is 22.5 Å². The Hall–Kier alpha value is -2.62. The molecule has 1 fully saturated rings. The van der Waals surface area contributed by atoms with Crippen molar-refractivity contribution in [2.24, 2.45) is 4.99 Å². The van der Waals surface area contributed by atoms with Gasteiger partial charge in [-0.05, 0) is 30.7 Å². The molecule has 1 atom stereocenters. The van der Waals surface area contributed by atoms with Gasteiger partial charge in [0, 0.05) is 49.5 Å². The Bertz CT molecular complexity index is 1170. The molecule has 168 valence electrons. The molecule has 0 spiro atoms. The molecule has 2 N–H and O–H groups in total. The van der Waals surface area contributed by atoms with E-state index in [2.05, 4.69) is 21.6 Å². The van der Waals surface area contributed by atoms with E-state index in [0.29, 0.717) is 30.4 Å². The van der Waals surface area contributed by atoms with Crippen molar-refractivity contribution in [3.63, 3.8) is 0 Å². The summed E-state index contributed by atoms with van der Waals surface area (Å²) in [5, 5.41) is 8.81. The zero-order valence-corrected chi connectivity index (χ0v) is 18.3. The molecular formula is C23H23F3N4OS. The zero-order chi connectivity index (χ0) is 22.3. The molecule has 0 bridgehead atoms. The minimum Gasteiger partial charge on any atom is -0.385 e. The van der Waals surface area contributed by atoms with E-state index in [1.54, 1.807) is 18.4 Å². The van der Waals surface area contributed by atoms with Crippen molar-refractivity contribution in [2.45, 2.75) is 18.6 Å². The van der Waals surface area contributed by atoms with E-state index in [0.717, 1.165) is 52.3 Å². The van der Waals surface area contributed by atoms with E-state index < -0.39 is 11.7 Å². The Morgan fingerprint density at radius 1 is 1.22 bits per heavy atom. The molecule has 5 rings (SSSR count). The van der Waals surface area contributed by atoms with Gasteiger partial charge in [-0.2, -0.15) is 13.2 Å². The smallest absolute Gasteiger partial charge is 0.385 e. The van der Waals surface area contributed by atoms with E-state index in [4.69, 9.17) is 9.73 Å². The third kappa shape index (κ3) is 3.96. The maximum Gasteiger partial charge on any atom is 0.416 e. The number of hydrogen-bond acceptors (Lipinski definition) is 6. The van der Waals surface area contributed by atoms with Crippen LogP contribution in [0.2, 0.25) is 0 Å². The Balaban J connectivity index is 1.64. The number of thiophene rings is 1. The van der Waals surface area contributed by atoms with Crippen molar-refractivity contribution >= 4 is 43.6 Å². The van der Waals surface area contributed by atoms with Crippen molar-refractivity contribution in [1.29, 1.82) is 0 Å². The molecule has 0 radical (unpaired) electrons. The number of amidine groups is 1. The fraction of sp³-hybridized carbons (Fsp3) is 0.348. The van der Waals surface area contributed by atoms with E-state index in [1.807, 2.05) is 18.2 Å². The van der Waals surface area contributed by atoms with Crippen molar-refractivity contribution in [2.75, 3.05) is 38.7 Å². The Labute approximate surface area is 187 Å². The van der Waals surface area contributed by atoms with Gasteiger partial charge in [0.1, 0.15) is 10.8 Å². The molecule has 2 aromatic carbocycles. The normalized spacial score (nSPS) is 18.6. The Morgan fingerprint density at radius 3 is 2.88 bits per heavy atom. The Kier molecular flexibility index (Phi) is 5.56. The highest BCUT2D eigenvalue weighted by atomic mass is 32.1. The van der Waals surface area contributed by atoms with E-state index in [9.17, 15) is 13.2 Å². The summed E-state index contributed by atoms with van der Waals surface area (Å²) in [5.74, 6) is 0.715. The quantitative estimate of drug-likeness (QED) is 0.552. The van der Waals surface area contributed by atoms with Crippen LogP contribution in [-0.4, -0.2) is 50.1 Å². The third-order valence-electron chi connectivity index (χ3n) is 5.84. The molecule has 1 unspecified atom stereocenters. The molecule has 0 saturated carbocycles. The van der Waals surface area contributed by atoms with Crippen LogP contribution in [0.25, 0.3) is 10.1 Å². The van der Waals surface area contributed by atoms with Crippen LogP contribution in [0.5, 0.6) is 0 Å². The van der Waals surface area contributed by atoms with Crippen LogP contribution in [0.1, 0.15) is 17.5 Å². The summed E-state index contributed by atoms with van der Waals surface area (Å²) in [4.78, 5) is 7.03.